The molecular formula is C17H24N2. The molecule has 2 nitrogen and oxygen atoms in total. The van der Waals surface area contributed by atoms with Crippen LogP contribution in [0.2, 0.25) is 0 Å². The van der Waals surface area contributed by atoms with Crippen LogP contribution < -0.4 is 0 Å². The number of rotatable bonds is 4. The molecule has 1 aliphatic carbocycles. The number of hydrogen-bond acceptors (Lipinski definition) is 1. The summed E-state index contributed by atoms with van der Waals surface area (Å²) in [5.74, 6) is 0. The summed E-state index contributed by atoms with van der Waals surface area (Å²) in [7, 11) is 4.31. The molecule has 0 atom stereocenters. The molecule has 0 saturated heterocycles. The van der Waals surface area contributed by atoms with E-state index in [2.05, 4.69) is 47.8 Å². The molecule has 0 radical (unpaired) electrons. The number of aromatic nitrogens is 1. The predicted octanol–water partition coefficient (Wildman–Crippen LogP) is 3.47. The summed E-state index contributed by atoms with van der Waals surface area (Å²) in [6.07, 6.45) is 6.50. The highest BCUT2D eigenvalue weighted by Gasteiger charge is 2.19. The van der Waals surface area contributed by atoms with Gasteiger partial charge in [0.25, 0.3) is 0 Å². The minimum absolute atomic E-state index is 1.16. The van der Waals surface area contributed by atoms with E-state index in [1.54, 1.807) is 11.3 Å². The lowest BCUT2D eigenvalue weighted by Gasteiger charge is -2.17. The zero-order valence-corrected chi connectivity index (χ0v) is 12.2. The number of fused-ring (bicyclic) bond motifs is 3. The van der Waals surface area contributed by atoms with Crippen molar-refractivity contribution in [3.63, 3.8) is 0 Å². The highest BCUT2D eigenvalue weighted by Crippen LogP contribution is 2.32. The Morgan fingerprint density at radius 1 is 1.11 bits per heavy atom. The van der Waals surface area contributed by atoms with Crippen LogP contribution in [0.5, 0.6) is 0 Å². The van der Waals surface area contributed by atoms with Crippen molar-refractivity contribution < 1.29 is 0 Å². The first-order valence-corrected chi connectivity index (χ1v) is 7.51. The van der Waals surface area contributed by atoms with Gasteiger partial charge >= 0.3 is 0 Å². The monoisotopic (exact) mass is 256 g/mol. The molecule has 0 fully saturated rings. The smallest absolute Gasteiger partial charge is 0.0485 e. The number of benzene rings is 1. The van der Waals surface area contributed by atoms with E-state index in [-0.39, 0.29) is 0 Å². The van der Waals surface area contributed by atoms with E-state index >= 15 is 0 Å². The quantitative estimate of drug-likeness (QED) is 0.813. The maximum absolute atomic E-state index is 2.59. The SMILES string of the molecule is CN(C)CCCn1c2c(c3ccccc31)CCCC2. The normalized spacial score (nSPS) is 15.1. The second kappa shape index (κ2) is 5.38. The third kappa shape index (κ3) is 2.42. The van der Waals surface area contributed by atoms with Gasteiger partial charge in [0.05, 0.1) is 0 Å². The summed E-state index contributed by atoms with van der Waals surface area (Å²) in [6, 6.07) is 8.96. The fourth-order valence-electron chi connectivity index (χ4n) is 3.39. The molecule has 0 bridgehead atoms. The lowest BCUT2D eigenvalue weighted by atomic mass is 9.95. The van der Waals surface area contributed by atoms with Crippen molar-refractivity contribution in [2.75, 3.05) is 20.6 Å². The van der Waals surface area contributed by atoms with Crippen molar-refractivity contribution in [2.24, 2.45) is 0 Å². The summed E-state index contributed by atoms with van der Waals surface area (Å²) in [6.45, 7) is 2.33. The van der Waals surface area contributed by atoms with Crippen molar-refractivity contribution in [1.29, 1.82) is 0 Å². The van der Waals surface area contributed by atoms with Crippen molar-refractivity contribution in [3.05, 3.63) is 35.5 Å². The molecule has 0 unspecified atom stereocenters. The lowest BCUT2D eigenvalue weighted by Crippen LogP contribution is -2.16. The Labute approximate surface area is 116 Å². The van der Waals surface area contributed by atoms with Gasteiger partial charge in [-0.1, -0.05) is 18.2 Å². The molecule has 2 aromatic rings. The molecule has 1 aliphatic rings. The number of nitrogens with zero attached hydrogens (tertiary/aromatic N) is 2. The summed E-state index contributed by atoms with van der Waals surface area (Å²) in [4.78, 5) is 2.28. The second-order valence-corrected chi connectivity index (χ2v) is 5.96. The van der Waals surface area contributed by atoms with E-state index < -0.39 is 0 Å². The van der Waals surface area contributed by atoms with Crippen molar-refractivity contribution in [3.8, 4) is 0 Å². The topological polar surface area (TPSA) is 8.17 Å². The first-order chi connectivity index (χ1) is 9.27. The van der Waals surface area contributed by atoms with Gasteiger partial charge in [-0.2, -0.15) is 0 Å². The van der Waals surface area contributed by atoms with Crippen LogP contribution in [0.4, 0.5) is 0 Å². The highest BCUT2D eigenvalue weighted by atomic mass is 15.1. The average molecular weight is 256 g/mol. The Kier molecular flexibility index (Phi) is 3.61. The van der Waals surface area contributed by atoms with Crippen molar-refractivity contribution in [1.82, 2.24) is 9.47 Å². The van der Waals surface area contributed by atoms with Gasteiger partial charge in [-0.25, -0.2) is 0 Å². The Morgan fingerprint density at radius 2 is 1.89 bits per heavy atom. The zero-order valence-electron chi connectivity index (χ0n) is 12.2. The van der Waals surface area contributed by atoms with E-state index in [1.165, 1.54) is 49.6 Å². The van der Waals surface area contributed by atoms with Gasteiger partial charge in [0.15, 0.2) is 0 Å². The number of hydrogen-bond donors (Lipinski definition) is 0. The van der Waals surface area contributed by atoms with E-state index in [9.17, 15) is 0 Å². The molecule has 102 valence electrons. The Morgan fingerprint density at radius 3 is 2.74 bits per heavy atom. The van der Waals surface area contributed by atoms with Crippen LogP contribution >= 0.6 is 0 Å². The van der Waals surface area contributed by atoms with Gasteiger partial charge in [-0.05, 0) is 64.4 Å². The van der Waals surface area contributed by atoms with Crippen molar-refractivity contribution in [2.45, 2.75) is 38.6 Å². The summed E-state index contributed by atoms with van der Waals surface area (Å²) < 4.78 is 2.59. The maximum Gasteiger partial charge on any atom is 0.0485 e. The van der Waals surface area contributed by atoms with Gasteiger partial charge in [-0.3, -0.25) is 0 Å². The number of aryl methyl sites for hydroxylation is 2. The van der Waals surface area contributed by atoms with E-state index in [1.807, 2.05) is 0 Å². The van der Waals surface area contributed by atoms with Crippen LogP contribution in [0, 0.1) is 0 Å². The minimum Gasteiger partial charge on any atom is -0.344 e. The molecule has 2 heteroatoms. The second-order valence-electron chi connectivity index (χ2n) is 5.96. The predicted molar refractivity (Wildman–Crippen MR) is 81.8 cm³/mol. The fourth-order valence-corrected chi connectivity index (χ4v) is 3.39. The molecule has 0 saturated carbocycles. The first-order valence-electron chi connectivity index (χ1n) is 7.51. The molecule has 1 aromatic carbocycles. The van der Waals surface area contributed by atoms with E-state index in [4.69, 9.17) is 0 Å². The van der Waals surface area contributed by atoms with Crippen LogP contribution in [-0.2, 0) is 19.4 Å². The zero-order chi connectivity index (χ0) is 13.2. The van der Waals surface area contributed by atoms with Crippen LogP contribution in [-0.4, -0.2) is 30.1 Å². The van der Waals surface area contributed by atoms with Crippen LogP contribution in [0.1, 0.15) is 30.5 Å². The molecule has 19 heavy (non-hydrogen) atoms. The van der Waals surface area contributed by atoms with Gasteiger partial charge < -0.3 is 9.47 Å². The highest BCUT2D eigenvalue weighted by molar-refractivity contribution is 5.85. The van der Waals surface area contributed by atoms with Gasteiger partial charge in [-0.15, -0.1) is 0 Å². The third-order valence-corrected chi connectivity index (χ3v) is 4.27. The first kappa shape index (κ1) is 12.7. The largest absolute Gasteiger partial charge is 0.344 e. The van der Waals surface area contributed by atoms with Gasteiger partial charge in [0.2, 0.25) is 0 Å². The third-order valence-electron chi connectivity index (χ3n) is 4.27. The van der Waals surface area contributed by atoms with Gasteiger partial charge in [0, 0.05) is 23.1 Å². The molecule has 0 N–H and O–H groups in total. The molecule has 3 rings (SSSR count). The fraction of sp³-hybridized carbons (Fsp3) is 0.529. The van der Waals surface area contributed by atoms with E-state index in [0.717, 1.165) is 6.54 Å². The molecule has 0 spiro atoms. The van der Waals surface area contributed by atoms with Gasteiger partial charge in [0.1, 0.15) is 0 Å². The minimum atomic E-state index is 1.16. The lowest BCUT2D eigenvalue weighted by molar-refractivity contribution is 0.386. The summed E-state index contributed by atoms with van der Waals surface area (Å²) in [5.41, 5.74) is 4.70. The van der Waals surface area contributed by atoms with Crippen LogP contribution in [0.15, 0.2) is 24.3 Å². The Balaban J connectivity index is 1.97. The summed E-state index contributed by atoms with van der Waals surface area (Å²) in [5, 5.41) is 1.50. The standard InChI is InChI=1S/C17H24N2/c1-18(2)12-7-13-19-16-10-5-3-8-14(16)15-9-4-6-11-17(15)19/h3,5,8,10H,4,6-7,9,11-13H2,1-2H3. The van der Waals surface area contributed by atoms with E-state index in [0.29, 0.717) is 0 Å². The van der Waals surface area contributed by atoms with Crippen molar-refractivity contribution >= 4 is 10.9 Å². The van der Waals surface area contributed by atoms with Crippen LogP contribution in [0.3, 0.4) is 0 Å². The maximum atomic E-state index is 2.59. The molecule has 1 heterocycles. The molecule has 1 aromatic heterocycles. The Bertz CT molecular complexity index is 566. The number of para-hydroxylation sites is 1. The average Bonchev–Trinajstić information content (AvgIpc) is 2.74. The summed E-state index contributed by atoms with van der Waals surface area (Å²) >= 11 is 0. The molecular weight excluding hydrogens is 232 g/mol. The molecule has 0 amide bonds. The molecule has 0 aliphatic heterocycles. The Hall–Kier alpha value is -1.28. The van der Waals surface area contributed by atoms with Crippen LogP contribution in [0.25, 0.3) is 10.9 Å².